The first-order chi connectivity index (χ1) is 12.9. The van der Waals surface area contributed by atoms with Crippen molar-refractivity contribution in [1.82, 2.24) is 20.5 Å². The van der Waals surface area contributed by atoms with Crippen LogP contribution < -0.4 is 11.1 Å². The third-order valence-corrected chi connectivity index (χ3v) is 4.49. The average Bonchev–Trinajstić information content (AvgIpc) is 3.32. The summed E-state index contributed by atoms with van der Waals surface area (Å²) < 4.78 is 43.7. The van der Waals surface area contributed by atoms with Gasteiger partial charge in [-0.3, -0.25) is 4.98 Å². The van der Waals surface area contributed by atoms with Gasteiger partial charge in [-0.1, -0.05) is 23.3 Å². The molecule has 2 aromatic heterocycles. The third-order valence-electron chi connectivity index (χ3n) is 4.49. The third kappa shape index (κ3) is 3.92. The molecule has 2 heterocycles. The Bertz CT molecular complexity index is 939. The van der Waals surface area contributed by atoms with Gasteiger partial charge in [-0.05, 0) is 30.2 Å². The number of rotatable bonds is 5. The number of nitrogens with one attached hydrogen (secondary N) is 1. The van der Waals surface area contributed by atoms with Crippen LogP contribution in [0, 0.1) is 0 Å². The average molecular weight is 375 g/mol. The number of pyridine rings is 1. The summed E-state index contributed by atoms with van der Waals surface area (Å²) in [6.07, 6.45) is -1.72. The molecule has 6 nitrogen and oxygen atoms in total. The van der Waals surface area contributed by atoms with E-state index < -0.39 is 11.7 Å². The topological polar surface area (TPSA) is 89.9 Å². The summed E-state index contributed by atoms with van der Waals surface area (Å²) in [6, 6.07) is 9.12. The predicted molar refractivity (Wildman–Crippen MR) is 91.4 cm³/mol. The molecule has 9 heteroatoms. The Morgan fingerprint density at radius 1 is 1.19 bits per heavy atom. The molecule has 0 radical (unpaired) electrons. The van der Waals surface area contributed by atoms with Crippen LogP contribution in [0.5, 0.6) is 0 Å². The van der Waals surface area contributed by atoms with E-state index in [4.69, 9.17) is 10.2 Å². The zero-order valence-corrected chi connectivity index (χ0v) is 14.1. The number of alkyl halides is 3. The Hall–Kier alpha value is -2.94. The summed E-state index contributed by atoms with van der Waals surface area (Å²) in [4.78, 5) is 4.34. The lowest BCUT2D eigenvalue weighted by atomic mass is 10.1. The van der Waals surface area contributed by atoms with Gasteiger partial charge in [0, 0.05) is 23.7 Å². The summed E-state index contributed by atoms with van der Waals surface area (Å²) in [7, 11) is 0. The smallest absolute Gasteiger partial charge is 0.407 e. The molecule has 1 fully saturated rings. The van der Waals surface area contributed by atoms with Crippen molar-refractivity contribution in [3.63, 3.8) is 0 Å². The number of nitrogens with zero attached hydrogens (tertiary/aromatic N) is 3. The minimum Gasteiger partial charge on any atom is -0.407 e. The first-order valence-electron chi connectivity index (χ1n) is 8.35. The largest absolute Gasteiger partial charge is 0.416 e. The second kappa shape index (κ2) is 6.66. The summed E-state index contributed by atoms with van der Waals surface area (Å²) in [6.45, 7) is 0.432. The fourth-order valence-electron chi connectivity index (χ4n) is 3.00. The predicted octanol–water partition coefficient (Wildman–Crippen LogP) is 3.38. The SMILES string of the molecule is Nc1nnc(CN[C@H]2C[C@@H]2c2ccc(-c3cccc(C(F)(F)F)c3)nc2)o1. The van der Waals surface area contributed by atoms with Crippen molar-refractivity contribution in [3.8, 4) is 11.3 Å². The molecule has 1 saturated carbocycles. The second-order valence-corrected chi connectivity index (χ2v) is 6.42. The highest BCUT2D eigenvalue weighted by molar-refractivity contribution is 5.60. The Kier molecular flexibility index (Phi) is 4.31. The van der Waals surface area contributed by atoms with Crippen LogP contribution in [0.4, 0.5) is 19.2 Å². The van der Waals surface area contributed by atoms with E-state index in [1.54, 1.807) is 18.3 Å². The van der Waals surface area contributed by atoms with E-state index in [0.717, 1.165) is 24.1 Å². The first kappa shape index (κ1) is 17.5. The monoisotopic (exact) mass is 375 g/mol. The van der Waals surface area contributed by atoms with Gasteiger partial charge in [0.05, 0.1) is 17.8 Å². The number of aromatic nitrogens is 3. The molecule has 0 spiro atoms. The van der Waals surface area contributed by atoms with Crippen LogP contribution in [0.2, 0.25) is 0 Å². The van der Waals surface area contributed by atoms with Gasteiger partial charge in [0.15, 0.2) is 0 Å². The number of hydrogen-bond acceptors (Lipinski definition) is 6. The molecule has 27 heavy (non-hydrogen) atoms. The molecule has 1 aliphatic carbocycles. The Labute approximate surface area is 152 Å². The Morgan fingerprint density at radius 2 is 2.04 bits per heavy atom. The zero-order valence-electron chi connectivity index (χ0n) is 14.1. The highest BCUT2D eigenvalue weighted by Gasteiger charge is 2.38. The summed E-state index contributed by atoms with van der Waals surface area (Å²) in [5, 5.41) is 10.7. The molecule has 0 bridgehead atoms. The van der Waals surface area contributed by atoms with Crippen molar-refractivity contribution in [2.24, 2.45) is 0 Å². The van der Waals surface area contributed by atoms with Crippen LogP contribution in [-0.2, 0) is 12.7 Å². The lowest BCUT2D eigenvalue weighted by Crippen LogP contribution is -2.17. The second-order valence-electron chi connectivity index (χ2n) is 6.42. The number of anilines is 1. The van der Waals surface area contributed by atoms with Crippen molar-refractivity contribution in [1.29, 1.82) is 0 Å². The first-order valence-corrected chi connectivity index (χ1v) is 8.35. The van der Waals surface area contributed by atoms with Crippen molar-refractivity contribution < 1.29 is 17.6 Å². The number of hydrogen-bond donors (Lipinski definition) is 2. The molecule has 3 N–H and O–H groups in total. The van der Waals surface area contributed by atoms with Crippen molar-refractivity contribution in [2.45, 2.75) is 31.1 Å². The van der Waals surface area contributed by atoms with Crippen LogP contribution >= 0.6 is 0 Å². The van der Waals surface area contributed by atoms with Gasteiger partial charge >= 0.3 is 12.2 Å². The van der Waals surface area contributed by atoms with E-state index in [9.17, 15) is 13.2 Å². The van der Waals surface area contributed by atoms with Crippen LogP contribution in [0.15, 0.2) is 47.0 Å². The molecule has 0 aliphatic heterocycles. The molecule has 1 aromatic carbocycles. The Balaban J connectivity index is 1.40. The van der Waals surface area contributed by atoms with Gasteiger partial charge in [0.2, 0.25) is 5.89 Å². The fourth-order valence-corrected chi connectivity index (χ4v) is 3.00. The number of nitrogen functional groups attached to an aromatic ring is 1. The van der Waals surface area contributed by atoms with E-state index in [0.29, 0.717) is 29.6 Å². The van der Waals surface area contributed by atoms with Gasteiger partial charge < -0.3 is 15.5 Å². The molecule has 0 amide bonds. The molecule has 3 aromatic rings. The van der Waals surface area contributed by atoms with E-state index in [-0.39, 0.29) is 12.1 Å². The summed E-state index contributed by atoms with van der Waals surface area (Å²) in [5.41, 5.74) is 6.68. The summed E-state index contributed by atoms with van der Waals surface area (Å²) in [5.74, 6) is 0.726. The van der Waals surface area contributed by atoms with Gasteiger partial charge in [-0.25, -0.2) is 0 Å². The number of benzene rings is 1. The quantitative estimate of drug-likeness (QED) is 0.711. The number of halogens is 3. The zero-order chi connectivity index (χ0) is 19.0. The highest BCUT2D eigenvalue weighted by Crippen LogP contribution is 2.41. The Morgan fingerprint density at radius 3 is 2.70 bits per heavy atom. The maximum Gasteiger partial charge on any atom is 0.416 e. The molecular weight excluding hydrogens is 359 g/mol. The van der Waals surface area contributed by atoms with E-state index >= 15 is 0 Å². The van der Waals surface area contributed by atoms with E-state index in [1.807, 2.05) is 6.07 Å². The van der Waals surface area contributed by atoms with Crippen LogP contribution in [0.3, 0.4) is 0 Å². The minimum atomic E-state index is -4.37. The maximum absolute atomic E-state index is 12.9. The van der Waals surface area contributed by atoms with E-state index in [2.05, 4.69) is 20.5 Å². The normalized spacial score (nSPS) is 19.2. The lowest BCUT2D eigenvalue weighted by molar-refractivity contribution is -0.137. The summed E-state index contributed by atoms with van der Waals surface area (Å²) >= 11 is 0. The molecular formula is C18H16F3N5O. The molecule has 0 unspecified atom stereocenters. The molecule has 0 saturated heterocycles. The van der Waals surface area contributed by atoms with Crippen LogP contribution in [-0.4, -0.2) is 21.2 Å². The fraction of sp³-hybridized carbons (Fsp3) is 0.278. The van der Waals surface area contributed by atoms with Crippen molar-refractivity contribution in [2.75, 3.05) is 5.73 Å². The van der Waals surface area contributed by atoms with Gasteiger partial charge in [0.25, 0.3) is 0 Å². The van der Waals surface area contributed by atoms with E-state index in [1.165, 1.54) is 6.07 Å². The van der Waals surface area contributed by atoms with Gasteiger partial charge in [0.1, 0.15) is 0 Å². The molecule has 1 aliphatic rings. The highest BCUT2D eigenvalue weighted by atomic mass is 19.4. The number of nitrogens with two attached hydrogens (primary N) is 1. The molecule has 2 atom stereocenters. The molecule has 4 rings (SSSR count). The van der Waals surface area contributed by atoms with Crippen molar-refractivity contribution >= 4 is 6.01 Å². The lowest BCUT2D eigenvalue weighted by Gasteiger charge is -2.09. The maximum atomic E-state index is 12.9. The van der Waals surface area contributed by atoms with Gasteiger partial charge in [-0.15, -0.1) is 5.10 Å². The van der Waals surface area contributed by atoms with Crippen molar-refractivity contribution in [3.05, 3.63) is 59.6 Å². The van der Waals surface area contributed by atoms with Crippen LogP contribution in [0.1, 0.15) is 29.4 Å². The minimum absolute atomic E-state index is 0.0357. The molecule has 140 valence electrons. The van der Waals surface area contributed by atoms with Crippen LogP contribution in [0.25, 0.3) is 11.3 Å². The van der Waals surface area contributed by atoms with Gasteiger partial charge in [-0.2, -0.15) is 13.2 Å². The standard InChI is InChI=1S/C18H16F3N5O/c19-18(20,21)12-3-1-2-10(6-12)14-5-4-11(8-23-14)13-7-15(13)24-9-16-25-26-17(22)27-16/h1-6,8,13,15,24H,7,9H2,(H2,22,26)/t13-,15+/m1/s1.